The van der Waals surface area contributed by atoms with Crippen molar-refractivity contribution < 1.29 is 33.7 Å². The van der Waals surface area contributed by atoms with E-state index in [0.29, 0.717) is 10.0 Å². The summed E-state index contributed by atoms with van der Waals surface area (Å²) < 4.78 is 22.8. The number of carboxylic acids is 1. The van der Waals surface area contributed by atoms with Crippen molar-refractivity contribution in [2.24, 2.45) is 0 Å². The van der Waals surface area contributed by atoms with Gasteiger partial charge in [0.05, 0.1) is 27.3 Å². The zero-order chi connectivity index (χ0) is 22.4. The molecule has 2 N–H and O–H groups in total. The maximum absolute atomic E-state index is 13.0. The number of carboxylic acid groups (broad SMARTS) is 1. The van der Waals surface area contributed by atoms with Crippen LogP contribution in [-0.2, 0) is 9.47 Å². The fourth-order valence-electron chi connectivity index (χ4n) is 2.38. The van der Waals surface area contributed by atoms with Crippen LogP contribution in [0.1, 0.15) is 27.1 Å². The first kappa shape index (κ1) is 24.7. The third-order valence-electron chi connectivity index (χ3n) is 3.84. The van der Waals surface area contributed by atoms with Gasteiger partial charge in [-0.3, -0.25) is 0 Å². The van der Waals surface area contributed by atoms with Crippen molar-refractivity contribution >= 4 is 58.3 Å². The van der Waals surface area contributed by atoms with Gasteiger partial charge >= 0.3 is 11.9 Å². The Kier molecular flexibility index (Phi) is 9.15. The quantitative estimate of drug-likeness (QED) is 0.555. The number of aromatic carboxylic acids is 1. The molecule has 162 valence electrons. The summed E-state index contributed by atoms with van der Waals surface area (Å²) in [4.78, 5) is 22.1. The number of carbonyl (C=O) groups excluding carboxylic acids is 1. The van der Waals surface area contributed by atoms with E-state index in [1.807, 2.05) is 0 Å². The largest absolute Gasteiger partial charge is 0.478 e. The fourth-order valence-corrected chi connectivity index (χ4v) is 3.35. The molecule has 1 aliphatic heterocycles. The van der Waals surface area contributed by atoms with Crippen LogP contribution in [0.4, 0.5) is 4.39 Å². The number of halogens is 5. The first-order valence-electron chi connectivity index (χ1n) is 8.36. The molecule has 1 saturated heterocycles. The highest BCUT2D eigenvalue weighted by Gasteiger charge is 2.34. The highest BCUT2D eigenvalue weighted by molar-refractivity contribution is 6.37. The Balaban J connectivity index is 0.000000248. The molecule has 0 amide bonds. The molecule has 0 saturated carbocycles. The summed E-state index contributed by atoms with van der Waals surface area (Å²) in [5.74, 6) is -1.70. The van der Waals surface area contributed by atoms with Crippen molar-refractivity contribution in [3.05, 3.63) is 67.6 Å². The van der Waals surface area contributed by atoms with Crippen LogP contribution >= 0.6 is 46.4 Å². The van der Waals surface area contributed by atoms with Crippen molar-refractivity contribution in [2.75, 3.05) is 6.61 Å². The highest BCUT2D eigenvalue weighted by atomic mass is 35.5. The van der Waals surface area contributed by atoms with Gasteiger partial charge in [-0.25, -0.2) is 14.0 Å². The number of aliphatic hydroxyl groups excluding tert-OH is 1. The SMILES string of the molecule is O=C(O)c1ccc(Cl)cc1Cl.O=C(OCC1CC(F)C(O)O1)c1ccc(Cl)cc1Cl. The van der Waals surface area contributed by atoms with Crippen molar-refractivity contribution in [3.63, 3.8) is 0 Å². The molecular formula is C19H15Cl4FO6. The van der Waals surface area contributed by atoms with E-state index in [4.69, 9.17) is 66.1 Å². The normalized spacial score (nSPS) is 20.3. The maximum Gasteiger partial charge on any atom is 0.339 e. The Morgan fingerprint density at radius 3 is 2.00 bits per heavy atom. The van der Waals surface area contributed by atoms with Crippen LogP contribution in [0.15, 0.2) is 36.4 Å². The molecule has 1 fully saturated rings. The fraction of sp³-hybridized carbons (Fsp3) is 0.263. The molecule has 2 aromatic rings. The zero-order valence-corrected chi connectivity index (χ0v) is 18.1. The molecule has 0 radical (unpaired) electrons. The molecule has 2 aromatic carbocycles. The van der Waals surface area contributed by atoms with Crippen molar-refractivity contribution in [2.45, 2.75) is 25.0 Å². The van der Waals surface area contributed by atoms with Gasteiger partial charge < -0.3 is 19.7 Å². The van der Waals surface area contributed by atoms with Gasteiger partial charge in [-0.15, -0.1) is 0 Å². The van der Waals surface area contributed by atoms with Crippen molar-refractivity contribution in [3.8, 4) is 0 Å². The molecule has 1 aliphatic rings. The number of carbonyl (C=O) groups is 2. The van der Waals surface area contributed by atoms with Gasteiger partial charge in [0.1, 0.15) is 6.61 Å². The first-order valence-corrected chi connectivity index (χ1v) is 9.87. The van der Waals surface area contributed by atoms with E-state index in [1.165, 1.54) is 36.4 Å². The molecule has 1 heterocycles. The molecule has 3 atom stereocenters. The molecule has 0 bridgehead atoms. The smallest absolute Gasteiger partial charge is 0.339 e. The topological polar surface area (TPSA) is 93.1 Å². The maximum atomic E-state index is 13.0. The third-order valence-corrected chi connectivity index (χ3v) is 4.94. The minimum Gasteiger partial charge on any atom is -0.478 e. The molecule has 3 unspecified atom stereocenters. The lowest BCUT2D eigenvalue weighted by atomic mass is 10.2. The summed E-state index contributed by atoms with van der Waals surface area (Å²) in [6.45, 7) is -0.144. The Morgan fingerprint density at radius 2 is 1.57 bits per heavy atom. The molecule has 3 rings (SSSR count). The number of benzene rings is 2. The van der Waals surface area contributed by atoms with Gasteiger partial charge in [-0.05, 0) is 36.4 Å². The Morgan fingerprint density at radius 1 is 1.03 bits per heavy atom. The summed E-state index contributed by atoms with van der Waals surface area (Å²) >= 11 is 22.7. The second kappa shape index (κ2) is 11.1. The lowest BCUT2D eigenvalue weighted by Gasteiger charge is -2.11. The first-order chi connectivity index (χ1) is 14.1. The number of ether oxygens (including phenoxy) is 2. The van der Waals surface area contributed by atoms with Crippen LogP contribution in [0, 0.1) is 0 Å². The molecule has 0 aliphatic carbocycles. The molecule has 0 aromatic heterocycles. The van der Waals surface area contributed by atoms with Crippen LogP contribution in [0.5, 0.6) is 0 Å². The summed E-state index contributed by atoms with van der Waals surface area (Å²) in [6, 6.07) is 8.62. The number of aliphatic hydroxyl groups is 1. The van der Waals surface area contributed by atoms with Crippen LogP contribution in [0.3, 0.4) is 0 Å². The van der Waals surface area contributed by atoms with E-state index >= 15 is 0 Å². The second-order valence-corrected chi connectivity index (χ2v) is 7.74. The van der Waals surface area contributed by atoms with E-state index in [1.54, 1.807) is 0 Å². The van der Waals surface area contributed by atoms with E-state index in [2.05, 4.69) is 0 Å². The van der Waals surface area contributed by atoms with Gasteiger partial charge in [0, 0.05) is 16.5 Å². The average Bonchev–Trinajstić information content (AvgIpc) is 2.97. The van der Waals surface area contributed by atoms with Crippen LogP contribution in [0.2, 0.25) is 20.1 Å². The minimum atomic E-state index is -1.46. The number of alkyl halides is 1. The standard InChI is InChI=1S/C12H11Cl2FO4.C7H4Cl2O2/c13-6-1-2-8(9(14)3-6)11(16)18-5-7-4-10(15)12(17)19-7;8-4-1-2-5(7(10)11)6(9)3-4/h1-3,7,10,12,17H,4-5H2;1-3H,(H,10,11). The lowest BCUT2D eigenvalue weighted by molar-refractivity contribution is -0.121. The van der Waals surface area contributed by atoms with Crippen LogP contribution in [-0.4, -0.2) is 47.3 Å². The third kappa shape index (κ3) is 6.97. The Hall–Kier alpha value is -1.61. The van der Waals surface area contributed by atoms with Gasteiger partial charge in [0.25, 0.3) is 0 Å². The van der Waals surface area contributed by atoms with Gasteiger partial charge in [0.2, 0.25) is 0 Å². The Labute approximate surface area is 191 Å². The minimum absolute atomic E-state index is 0.0111. The van der Waals surface area contributed by atoms with E-state index in [0.717, 1.165) is 0 Å². The van der Waals surface area contributed by atoms with E-state index in [-0.39, 0.29) is 34.2 Å². The highest BCUT2D eigenvalue weighted by Crippen LogP contribution is 2.24. The number of hydrogen-bond donors (Lipinski definition) is 2. The monoisotopic (exact) mass is 498 g/mol. The van der Waals surface area contributed by atoms with E-state index in [9.17, 15) is 14.0 Å². The number of rotatable bonds is 4. The average molecular weight is 500 g/mol. The Bertz CT molecular complexity index is 916. The molecule has 0 spiro atoms. The molecular weight excluding hydrogens is 485 g/mol. The summed E-state index contributed by atoms with van der Waals surface area (Å²) in [5.41, 5.74) is 0.234. The summed E-state index contributed by atoms with van der Waals surface area (Å²) in [7, 11) is 0. The number of hydrogen-bond acceptors (Lipinski definition) is 5. The summed E-state index contributed by atoms with van der Waals surface area (Å²) in [6.07, 6.45) is -3.58. The van der Waals surface area contributed by atoms with Gasteiger partial charge in [-0.1, -0.05) is 46.4 Å². The van der Waals surface area contributed by atoms with Gasteiger partial charge in [0.15, 0.2) is 12.5 Å². The van der Waals surface area contributed by atoms with Crippen LogP contribution < -0.4 is 0 Å². The molecule has 11 heteroatoms. The van der Waals surface area contributed by atoms with E-state index < -0.39 is 30.5 Å². The predicted molar refractivity (Wildman–Crippen MR) is 111 cm³/mol. The lowest BCUT2D eigenvalue weighted by Crippen LogP contribution is -2.20. The molecule has 6 nitrogen and oxygen atoms in total. The van der Waals surface area contributed by atoms with Gasteiger partial charge in [-0.2, -0.15) is 0 Å². The second-order valence-electron chi connectivity index (χ2n) is 6.05. The molecule has 30 heavy (non-hydrogen) atoms. The van der Waals surface area contributed by atoms with Crippen molar-refractivity contribution in [1.82, 2.24) is 0 Å². The van der Waals surface area contributed by atoms with Crippen LogP contribution in [0.25, 0.3) is 0 Å². The number of esters is 1. The predicted octanol–water partition coefficient (Wildman–Crippen LogP) is 5.29. The summed E-state index contributed by atoms with van der Waals surface area (Å²) in [5, 5.41) is 18.7. The zero-order valence-electron chi connectivity index (χ0n) is 15.0. The van der Waals surface area contributed by atoms with Crippen molar-refractivity contribution in [1.29, 1.82) is 0 Å².